The van der Waals surface area contributed by atoms with Crippen LogP contribution in [0.3, 0.4) is 0 Å². The molecular weight excluding hydrogens is 210 g/mol. The van der Waals surface area contributed by atoms with Gasteiger partial charge in [0, 0.05) is 24.0 Å². The van der Waals surface area contributed by atoms with Gasteiger partial charge in [-0.05, 0) is 29.7 Å². The zero-order valence-corrected chi connectivity index (χ0v) is 11.7. The highest BCUT2D eigenvalue weighted by atomic mass is 16.3. The highest BCUT2D eigenvalue weighted by Crippen LogP contribution is 2.41. The van der Waals surface area contributed by atoms with Crippen molar-refractivity contribution in [3.05, 3.63) is 23.5 Å². The third-order valence-electron chi connectivity index (χ3n) is 3.51. The molecule has 0 radical (unpaired) electrons. The minimum atomic E-state index is -0.282. The summed E-state index contributed by atoms with van der Waals surface area (Å²) in [5, 5.41) is 10.2. The van der Waals surface area contributed by atoms with Crippen LogP contribution in [0.1, 0.15) is 58.4 Å². The van der Waals surface area contributed by atoms with Gasteiger partial charge >= 0.3 is 0 Å². The average Bonchev–Trinajstić information content (AvgIpc) is 2.43. The molecule has 1 heterocycles. The monoisotopic (exact) mass is 235 g/mol. The third kappa shape index (κ3) is 2.74. The molecule has 0 bridgehead atoms. The fraction of sp³-hybridized carbons (Fsp3) is 0.733. The maximum Gasteiger partial charge on any atom is 0.0812 e. The summed E-state index contributed by atoms with van der Waals surface area (Å²) in [7, 11) is 0. The molecule has 0 amide bonds. The van der Waals surface area contributed by atoms with Crippen molar-refractivity contribution in [3.63, 3.8) is 0 Å². The van der Waals surface area contributed by atoms with Crippen LogP contribution in [-0.4, -0.2) is 9.67 Å². The Hall–Kier alpha value is -0.760. The first kappa shape index (κ1) is 12.7. The van der Waals surface area contributed by atoms with E-state index >= 15 is 0 Å². The van der Waals surface area contributed by atoms with Crippen LogP contribution >= 0.6 is 0 Å². The molecule has 1 N–H and O–H groups in total. The first-order chi connectivity index (χ1) is 7.68. The van der Waals surface area contributed by atoms with E-state index in [-0.39, 0.29) is 16.9 Å². The van der Waals surface area contributed by atoms with Gasteiger partial charge in [0.2, 0.25) is 0 Å². The minimum Gasteiger partial charge on any atom is -0.388 e. The Morgan fingerprint density at radius 2 is 2.06 bits per heavy atom. The zero-order valence-electron chi connectivity index (χ0n) is 11.7. The predicted molar refractivity (Wildman–Crippen MR) is 70.9 cm³/mol. The zero-order chi connectivity index (χ0) is 12.8. The summed E-state index contributed by atoms with van der Waals surface area (Å²) in [4.78, 5) is 0. The van der Waals surface area contributed by atoms with Crippen LogP contribution in [0, 0.1) is 10.8 Å². The van der Waals surface area contributed by atoms with Crippen LogP contribution in [0.15, 0.2) is 12.3 Å². The largest absolute Gasteiger partial charge is 0.388 e. The van der Waals surface area contributed by atoms with Gasteiger partial charge in [-0.25, -0.2) is 0 Å². The van der Waals surface area contributed by atoms with Crippen LogP contribution in [0.2, 0.25) is 0 Å². The Balaban J connectivity index is 2.34. The summed E-state index contributed by atoms with van der Waals surface area (Å²) < 4.78 is 2.33. The second-order valence-electron chi connectivity index (χ2n) is 7.47. The van der Waals surface area contributed by atoms with Gasteiger partial charge in [0.25, 0.3) is 0 Å². The second-order valence-corrected chi connectivity index (χ2v) is 7.47. The van der Waals surface area contributed by atoms with E-state index in [0.29, 0.717) is 0 Å². The lowest BCUT2D eigenvalue weighted by Crippen LogP contribution is -2.28. The lowest BCUT2D eigenvalue weighted by Gasteiger charge is -2.34. The van der Waals surface area contributed by atoms with Crippen molar-refractivity contribution in [1.82, 2.24) is 4.57 Å². The summed E-state index contributed by atoms with van der Waals surface area (Å²) in [5.74, 6) is 0. The van der Waals surface area contributed by atoms with E-state index in [0.717, 1.165) is 24.9 Å². The summed E-state index contributed by atoms with van der Waals surface area (Å²) in [5.41, 5.74) is 2.97. The van der Waals surface area contributed by atoms with E-state index in [2.05, 4.69) is 51.4 Å². The summed E-state index contributed by atoms with van der Waals surface area (Å²) in [6.07, 6.45) is 3.80. The number of hydrogen-bond acceptors (Lipinski definition) is 1. The first-order valence-electron chi connectivity index (χ1n) is 6.54. The van der Waals surface area contributed by atoms with Crippen LogP contribution < -0.4 is 0 Å². The second kappa shape index (κ2) is 3.88. The van der Waals surface area contributed by atoms with Gasteiger partial charge in [-0.2, -0.15) is 0 Å². The van der Waals surface area contributed by atoms with Crippen LogP contribution in [-0.2, 0) is 13.0 Å². The molecule has 0 fully saturated rings. The molecule has 2 heteroatoms. The number of aromatic nitrogens is 1. The van der Waals surface area contributed by atoms with Gasteiger partial charge in [-0.1, -0.05) is 34.6 Å². The molecule has 2 rings (SSSR count). The molecule has 0 spiro atoms. The first-order valence-corrected chi connectivity index (χ1v) is 6.54. The molecule has 1 aromatic rings. The normalized spacial score (nSPS) is 23.5. The molecule has 1 atom stereocenters. The predicted octanol–water partition coefficient (Wildman–Crippen LogP) is 3.54. The highest BCUT2D eigenvalue weighted by Gasteiger charge is 2.33. The van der Waals surface area contributed by atoms with Crippen molar-refractivity contribution in [2.24, 2.45) is 10.8 Å². The summed E-state index contributed by atoms with van der Waals surface area (Å²) in [6.45, 7) is 12.3. The van der Waals surface area contributed by atoms with Crippen molar-refractivity contribution >= 4 is 0 Å². The van der Waals surface area contributed by atoms with Gasteiger partial charge in [0.05, 0.1) is 6.10 Å². The maximum atomic E-state index is 10.2. The topological polar surface area (TPSA) is 25.2 Å². The highest BCUT2D eigenvalue weighted by molar-refractivity contribution is 5.29. The Labute approximate surface area is 105 Å². The van der Waals surface area contributed by atoms with E-state index in [1.165, 1.54) is 5.69 Å². The van der Waals surface area contributed by atoms with Crippen LogP contribution in [0.4, 0.5) is 0 Å². The summed E-state index contributed by atoms with van der Waals surface area (Å²) in [6, 6.07) is 2.10. The standard InChI is InChI=1S/C15H25NO/c1-14(2,3)10-16-7-6-11-12(16)8-15(4,5)9-13(11)17/h6-7,13,17H,8-10H2,1-5H3. The Morgan fingerprint density at radius 3 is 2.65 bits per heavy atom. The molecule has 1 unspecified atom stereocenters. The van der Waals surface area contributed by atoms with Crippen molar-refractivity contribution in [3.8, 4) is 0 Å². The van der Waals surface area contributed by atoms with E-state index in [1.807, 2.05) is 0 Å². The SMILES string of the molecule is CC(C)(C)Cn1ccc2c1CC(C)(C)CC2O. The van der Waals surface area contributed by atoms with Gasteiger partial charge in [0.1, 0.15) is 0 Å². The van der Waals surface area contributed by atoms with Crippen molar-refractivity contribution < 1.29 is 5.11 Å². The molecular formula is C15H25NO. The van der Waals surface area contributed by atoms with E-state index in [9.17, 15) is 5.11 Å². The fourth-order valence-corrected chi connectivity index (χ4v) is 2.85. The van der Waals surface area contributed by atoms with Crippen LogP contribution in [0.25, 0.3) is 0 Å². The van der Waals surface area contributed by atoms with Crippen LogP contribution in [0.5, 0.6) is 0 Å². The fourth-order valence-electron chi connectivity index (χ4n) is 2.85. The number of aliphatic hydroxyl groups excluding tert-OH is 1. The number of aliphatic hydroxyl groups is 1. The van der Waals surface area contributed by atoms with Crippen molar-refractivity contribution in [2.45, 2.75) is 60.1 Å². The number of rotatable bonds is 1. The van der Waals surface area contributed by atoms with E-state index < -0.39 is 0 Å². The molecule has 96 valence electrons. The molecule has 1 aromatic heterocycles. The van der Waals surface area contributed by atoms with Gasteiger partial charge in [-0.15, -0.1) is 0 Å². The van der Waals surface area contributed by atoms with Gasteiger partial charge < -0.3 is 9.67 Å². The molecule has 1 aliphatic rings. The van der Waals surface area contributed by atoms with E-state index in [4.69, 9.17) is 0 Å². The molecule has 0 aliphatic heterocycles. The van der Waals surface area contributed by atoms with Crippen molar-refractivity contribution in [1.29, 1.82) is 0 Å². The number of fused-ring (bicyclic) bond motifs is 1. The molecule has 0 saturated carbocycles. The maximum absolute atomic E-state index is 10.2. The molecule has 17 heavy (non-hydrogen) atoms. The smallest absolute Gasteiger partial charge is 0.0812 e. The Kier molecular flexibility index (Phi) is 2.89. The average molecular weight is 235 g/mol. The molecule has 1 aliphatic carbocycles. The lowest BCUT2D eigenvalue weighted by atomic mass is 9.75. The minimum absolute atomic E-state index is 0.209. The van der Waals surface area contributed by atoms with Gasteiger partial charge in [-0.3, -0.25) is 0 Å². The van der Waals surface area contributed by atoms with E-state index in [1.54, 1.807) is 0 Å². The molecule has 2 nitrogen and oxygen atoms in total. The summed E-state index contributed by atoms with van der Waals surface area (Å²) >= 11 is 0. The number of nitrogens with zero attached hydrogens (tertiary/aromatic N) is 1. The third-order valence-corrected chi connectivity index (χ3v) is 3.51. The van der Waals surface area contributed by atoms with Crippen molar-refractivity contribution in [2.75, 3.05) is 0 Å². The van der Waals surface area contributed by atoms with Gasteiger partial charge in [0.15, 0.2) is 0 Å². The lowest BCUT2D eigenvalue weighted by molar-refractivity contribution is 0.0972. The Morgan fingerprint density at radius 1 is 1.41 bits per heavy atom. The quantitative estimate of drug-likeness (QED) is 0.791. The molecule has 0 saturated heterocycles. The number of hydrogen-bond donors (Lipinski definition) is 1. The molecule has 0 aromatic carbocycles. The Bertz CT molecular complexity index is 409.